The van der Waals surface area contributed by atoms with Crippen LogP contribution < -0.4 is 11.1 Å². The highest BCUT2D eigenvalue weighted by Crippen LogP contribution is 2.14. The Balaban J connectivity index is 0.000000941. The van der Waals surface area contributed by atoms with E-state index in [-0.39, 0.29) is 11.7 Å². The second-order valence-electron chi connectivity index (χ2n) is 5.95. The standard InChI is InChI=1S/C20H15N3O3.C2H6S/c1-13-7-8-26-18(13)20(25)23-17-4-2-3-14(10-17)5-6-15-9-16(19(21)24)12-22-11-15;1-3-2/h2-4,7-12H,1H3,(H2,21,24)(H,23,25);1-2H3. The summed E-state index contributed by atoms with van der Waals surface area (Å²) in [7, 11) is 0. The molecule has 0 unspecified atom stereocenters. The van der Waals surface area contributed by atoms with Gasteiger partial charge in [-0.15, -0.1) is 0 Å². The number of benzene rings is 1. The minimum Gasteiger partial charge on any atom is -0.459 e. The average Bonchev–Trinajstić information content (AvgIpc) is 3.13. The average molecular weight is 407 g/mol. The molecule has 0 aliphatic rings. The van der Waals surface area contributed by atoms with Crippen molar-refractivity contribution in [2.24, 2.45) is 5.73 Å². The Morgan fingerprint density at radius 2 is 1.83 bits per heavy atom. The van der Waals surface area contributed by atoms with Gasteiger partial charge >= 0.3 is 0 Å². The molecule has 29 heavy (non-hydrogen) atoms. The van der Waals surface area contributed by atoms with Gasteiger partial charge in [0.1, 0.15) is 0 Å². The van der Waals surface area contributed by atoms with Gasteiger partial charge in [-0.1, -0.05) is 17.9 Å². The summed E-state index contributed by atoms with van der Waals surface area (Å²) in [5.41, 5.74) is 8.16. The van der Waals surface area contributed by atoms with E-state index in [4.69, 9.17) is 10.2 Å². The first-order chi connectivity index (χ1) is 13.9. The van der Waals surface area contributed by atoms with Crippen molar-refractivity contribution in [1.29, 1.82) is 0 Å². The maximum Gasteiger partial charge on any atom is 0.291 e. The maximum atomic E-state index is 12.2. The van der Waals surface area contributed by atoms with Crippen LogP contribution in [0.1, 0.15) is 37.6 Å². The summed E-state index contributed by atoms with van der Waals surface area (Å²) in [6, 6.07) is 10.4. The molecule has 3 N–H and O–H groups in total. The third-order valence-corrected chi connectivity index (χ3v) is 3.56. The molecule has 0 radical (unpaired) electrons. The number of anilines is 1. The first-order valence-corrected chi connectivity index (χ1v) is 10.2. The number of carbonyl (C=O) groups is 2. The normalized spacial score (nSPS) is 9.48. The fourth-order valence-electron chi connectivity index (χ4n) is 2.26. The minimum atomic E-state index is -0.556. The number of nitrogens with zero attached hydrogens (tertiary/aromatic N) is 1. The predicted octanol–water partition coefficient (Wildman–Crippen LogP) is 3.71. The number of nitrogens with one attached hydrogen (secondary N) is 1. The summed E-state index contributed by atoms with van der Waals surface area (Å²) >= 11 is 1.75. The van der Waals surface area contributed by atoms with Crippen LogP contribution in [0.4, 0.5) is 5.69 Å². The van der Waals surface area contributed by atoms with Gasteiger partial charge < -0.3 is 15.5 Å². The summed E-state index contributed by atoms with van der Waals surface area (Å²) in [5.74, 6) is 5.29. The van der Waals surface area contributed by atoms with Crippen molar-refractivity contribution in [2.75, 3.05) is 17.8 Å². The largest absolute Gasteiger partial charge is 0.459 e. The number of pyridine rings is 1. The van der Waals surface area contributed by atoms with E-state index in [1.807, 2.05) is 18.6 Å². The number of furan rings is 1. The van der Waals surface area contributed by atoms with Crippen LogP contribution in [-0.4, -0.2) is 29.3 Å². The first-order valence-electron chi connectivity index (χ1n) is 8.57. The van der Waals surface area contributed by atoms with Crippen molar-refractivity contribution in [3.05, 3.63) is 83.1 Å². The van der Waals surface area contributed by atoms with E-state index in [0.717, 1.165) is 5.56 Å². The van der Waals surface area contributed by atoms with E-state index in [9.17, 15) is 9.59 Å². The summed E-state index contributed by atoms with van der Waals surface area (Å²) in [6.45, 7) is 1.80. The molecule has 2 amide bonds. The van der Waals surface area contributed by atoms with Crippen molar-refractivity contribution in [2.45, 2.75) is 6.92 Å². The summed E-state index contributed by atoms with van der Waals surface area (Å²) < 4.78 is 5.18. The van der Waals surface area contributed by atoms with Gasteiger partial charge in [-0.05, 0) is 49.8 Å². The number of carbonyl (C=O) groups excluding carboxylic acids is 2. The molecule has 0 aliphatic carbocycles. The van der Waals surface area contributed by atoms with E-state index in [1.165, 1.54) is 12.5 Å². The molecule has 6 nitrogen and oxygen atoms in total. The van der Waals surface area contributed by atoms with Crippen LogP contribution in [0.25, 0.3) is 0 Å². The van der Waals surface area contributed by atoms with Gasteiger partial charge in [-0.25, -0.2) is 0 Å². The lowest BCUT2D eigenvalue weighted by Gasteiger charge is -2.04. The van der Waals surface area contributed by atoms with Gasteiger partial charge in [0.05, 0.1) is 11.8 Å². The minimum absolute atomic E-state index is 0.274. The highest BCUT2D eigenvalue weighted by atomic mass is 32.2. The molecule has 0 saturated heterocycles. The molecule has 2 aromatic heterocycles. The Morgan fingerprint density at radius 3 is 2.48 bits per heavy atom. The van der Waals surface area contributed by atoms with Crippen molar-refractivity contribution >= 4 is 29.3 Å². The van der Waals surface area contributed by atoms with Crippen LogP contribution >= 0.6 is 11.8 Å². The van der Waals surface area contributed by atoms with Crippen LogP contribution in [0.5, 0.6) is 0 Å². The predicted molar refractivity (Wildman–Crippen MR) is 116 cm³/mol. The number of primary amides is 1. The number of nitrogens with two attached hydrogens (primary N) is 1. The van der Waals surface area contributed by atoms with Gasteiger partial charge in [0.2, 0.25) is 5.91 Å². The molecule has 3 rings (SSSR count). The SMILES string of the molecule is CSC.Cc1ccoc1C(=O)Nc1cccc(C#Cc2cncc(C(N)=O)c2)c1. The fraction of sp³-hybridized carbons (Fsp3) is 0.136. The Bertz CT molecular complexity index is 1060. The molecular weight excluding hydrogens is 386 g/mol. The molecule has 1 aromatic carbocycles. The van der Waals surface area contributed by atoms with Crippen LogP contribution in [0.15, 0.2) is 59.5 Å². The lowest BCUT2D eigenvalue weighted by atomic mass is 10.1. The number of hydrogen-bond donors (Lipinski definition) is 2. The van der Waals surface area contributed by atoms with Gasteiger partial charge in [0.15, 0.2) is 5.76 Å². The first kappa shape index (κ1) is 21.8. The van der Waals surface area contributed by atoms with Gasteiger partial charge in [0, 0.05) is 34.8 Å². The van der Waals surface area contributed by atoms with Crippen LogP contribution in [0, 0.1) is 18.8 Å². The van der Waals surface area contributed by atoms with E-state index in [1.54, 1.807) is 55.2 Å². The summed E-state index contributed by atoms with van der Waals surface area (Å²) in [4.78, 5) is 27.3. The molecule has 0 atom stereocenters. The Hall–Kier alpha value is -3.50. The zero-order chi connectivity index (χ0) is 21.2. The number of thioether (sulfide) groups is 1. The van der Waals surface area contributed by atoms with E-state index in [2.05, 4.69) is 22.1 Å². The molecule has 7 heteroatoms. The van der Waals surface area contributed by atoms with Crippen molar-refractivity contribution < 1.29 is 14.0 Å². The third-order valence-electron chi connectivity index (χ3n) is 3.56. The number of rotatable bonds is 3. The van der Waals surface area contributed by atoms with Crippen LogP contribution in [0.3, 0.4) is 0 Å². The molecule has 148 valence electrons. The molecule has 0 bridgehead atoms. The molecule has 0 saturated carbocycles. The smallest absolute Gasteiger partial charge is 0.291 e. The number of aryl methyl sites for hydroxylation is 1. The van der Waals surface area contributed by atoms with Crippen LogP contribution in [-0.2, 0) is 0 Å². The zero-order valence-corrected chi connectivity index (χ0v) is 17.2. The third kappa shape index (κ3) is 6.55. The van der Waals surface area contributed by atoms with E-state index in [0.29, 0.717) is 22.4 Å². The molecule has 0 fully saturated rings. The highest BCUT2D eigenvalue weighted by molar-refractivity contribution is 7.97. The van der Waals surface area contributed by atoms with Gasteiger partial charge in [-0.2, -0.15) is 11.8 Å². The second kappa shape index (κ2) is 10.7. The zero-order valence-electron chi connectivity index (χ0n) is 16.4. The lowest BCUT2D eigenvalue weighted by Crippen LogP contribution is -2.12. The van der Waals surface area contributed by atoms with E-state index < -0.39 is 5.91 Å². The number of hydrogen-bond acceptors (Lipinski definition) is 5. The van der Waals surface area contributed by atoms with Crippen molar-refractivity contribution in [3.63, 3.8) is 0 Å². The molecule has 0 aliphatic heterocycles. The van der Waals surface area contributed by atoms with Crippen LogP contribution in [0.2, 0.25) is 0 Å². The highest BCUT2D eigenvalue weighted by Gasteiger charge is 2.12. The lowest BCUT2D eigenvalue weighted by molar-refractivity contribution is 0.0989. The number of amides is 2. The maximum absolute atomic E-state index is 12.2. The molecule has 0 spiro atoms. The summed E-state index contributed by atoms with van der Waals surface area (Å²) in [5, 5.41) is 2.77. The van der Waals surface area contributed by atoms with Gasteiger partial charge in [-0.3, -0.25) is 14.6 Å². The van der Waals surface area contributed by atoms with Gasteiger partial charge in [0.25, 0.3) is 5.91 Å². The summed E-state index contributed by atoms with van der Waals surface area (Å²) in [6.07, 6.45) is 8.49. The monoisotopic (exact) mass is 407 g/mol. The Kier molecular flexibility index (Phi) is 8.07. The van der Waals surface area contributed by atoms with Crippen molar-refractivity contribution in [3.8, 4) is 11.8 Å². The topological polar surface area (TPSA) is 98.2 Å². The quantitative estimate of drug-likeness (QED) is 0.645. The Morgan fingerprint density at radius 1 is 1.10 bits per heavy atom. The fourth-order valence-corrected chi connectivity index (χ4v) is 2.26. The molecular formula is C22H21N3O3S. The number of aromatic nitrogens is 1. The van der Waals surface area contributed by atoms with Crippen molar-refractivity contribution in [1.82, 2.24) is 4.98 Å². The molecule has 3 aromatic rings. The van der Waals surface area contributed by atoms with E-state index >= 15 is 0 Å². The second-order valence-corrected chi connectivity index (χ2v) is 6.77. The molecule has 2 heterocycles. The Labute approximate surface area is 173 Å².